The zero-order valence-electron chi connectivity index (χ0n) is 11.6. The third-order valence-electron chi connectivity index (χ3n) is 2.55. The highest BCUT2D eigenvalue weighted by molar-refractivity contribution is 9.10. The molecule has 1 rings (SSSR count). The number of hydrogen-bond acceptors (Lipinski definition) is 5. The standard InChI is InChI=1S/C12H21BrN4OS/c1-4-6-14-11-10(13)12(16-8-15-11)17-9(2)5-7-19(3)18/h8-9H,4-7H2,1-3H3,(H2,14,15,16,17). The molecule has 0 fully saturated rings. The average Bonchev–Trinajstić information content (AvgIpc) is 2.37. The fraction of sp³-hybridized carbons (Fsp3) is 0.667. The van der Waals surface area contributed by atoms with Gasteiger partial charge in [0, 0.05) is 35.4 Å². The summed E-state index contributed by atoms with van der Waals surface area (Å²) in [5.74, 6) is 2.26. The van der Waals surface area contributed by atoms with Crippen LogP contribution in [0.15, 0.2) is 10.8 Å². The maximum atomic E-state index is 11.1. The number of nitrogens with one attached hydrogen (secondary N) is 2. The molecule has 2 unspecified atom stereocenters. The predicted molar refractivity (Wildman–Crippen MR) is 85.1 cm³/mol. The van der Waals surface area contributed by atoms with Gasteiger partial charge in [0.2, 0.25) is 0 Å². The van der Waals surface area contributed by atoms with Crippen molar-refractivity contribution in [2.24, 2.45) is 0 Å². The van der Waals surface area contributed by atoms with E-state index in [0.717, 1.165) is 35.5 Å². The number of rotatable bonds is 8. The van der Waals surface area contributed by atoms with Gasteiger partial charge in [0.05, 0.1) is 0 Å². The first-order chi connectivity index (χ1) is 9.04. The van der Waals surface area contributed by atoms with Crippen molar-refractivity contribution in [2.45, 2.75) is 32.7 Å². The molecule has 0 aliphatic carbocycles. The summed E-state index contributed by atoms with van der Waals surface area (Å²) in [5.41, 5.74) is 0. The second-order valence-electron chi connectivity index (χ2n) is 4.42. The lowest BCUT2D eigenvalue weighted by Crippen LogP contribution is -2.19. The van der Waals surface area contributed by atoms with E-state index in [1.165, 1.54) is 6.33 Å². The first kappa shape index (κ1) is 16.4. The van der Waals surface area contributed by atoms with Crippen LogP contribution in [0.1, 0.15) is 26.7 Å². The summed E-state index contributed by atoms with van der Waals surface area (Å²) in [5, 5.41) is 6.55. The molecule has 19 heavy (non-hydrogen) atoms. The molecule has 0 aromatic carbocycles. The monoisotopic (exact) mass is 348 g/mol. The number of nitrogens with zero attached hydrogens (tertiary/aromatic N) is 2. The molecule has 0 saturated heterocycles. The van der Waals surface area contributed by atoms with Crippen molar-refractivity contribution in [2.75, 3.05) is 29.2 Å². The zero-order valence-corrected chi connectivity index (χ0v) is 14.0. The minimum atomic E-state index is -0.755. The van der Waals surface area contributed by atoms with Crippen LogP contribution in [0.5, 0.6) is 0 Å². The van der Waals surface area contributed by atoms with Gasteiger partial charge in [0.1, 0.15) is 22.4 Å². The van der Waals surface area contributed by atoms with E-state index >= 15 is 0 Å². The Morgan fingerprint density at radius 1 is 1.42 bits per heavy atom. The lowest BCUT2D eigenvalue weighted by Gasteiger charge is -2.16. The number of anilines is 2. The van der Waals surface area contributed by atoms with Gasteiger partial charge in [-0.2, -0.15) is 0 Å². The maximum absolute atomic E-state index is 11.1. The summed E-state index contributed by atoms with van der Waals surface area (Å²) in [6.45, 7) is 5.04. The molecule has 1 heterocycles. The highest BCUT2D eigenvalue weighted by Gasteiger charge is 2.11. The first-order valence-electron chi connectivity index (χ1n) is 6.35. The van der Waals surface area contributed by atoms with E-state index in [4.69, 9.17) is 0 Å². The van der Waals surface area contributed by atoms with Crippen molar-refractivity contribution in [3.8, 4) is 0 Å². The van der Waals surface area contributed by atoms with Gasteiger partial charge >= 0.3 is 0 Å². The second-order valence-corrected chi connectivity index (χ2v) is 6.77. The van der Waals surface area contributed by atoms with Crippen LogP contribution in [-0.4, -0.2) is 38.8 Å². The molecule has 5 nitrogen and oxygen atoms in total. The molecule has 0 spiro atoms. The molecule has 0 saturated carbocycles. The molecule has 2 N–H and O–H groups in total. The van der Waals surface area contributed by atoms with Crippen molar-refractivity contribution in [3.63, 3.8) is 0 Å². The van der Waals surface area contributed by atoms with Crippen LogP contribution in [-0.2, 0) is 10.8 Å². The normalized spacial score (nSPS) is 13.9. The fourth-order valence-electron chi connectivity index (χ4n) is 1.49. The smallest absolute Gasteiger partial charge is 0.146 e. The van der Waals surface area contributed by atoms with Gasteiger partial charge < -0.3 is 10.6 Å². The van der Waals surface area contributed by atoms with Gasteiger partial charge in [-0.15, -0.1) is 0 Å². The molecular weight excluding hydrogens is 328 g/mol. The summed E-state index contributed by atoms with van der Waals surface area (Å²) >= 11 is 3.51. The van der Waals surface area contributed by atoms with Gasteiger partial charge in [-0.25, -0.2) is 9.97 Å². The van der Waals surface area contributed by atoms with E-state index < -0.39 is 10.8 Å². The largest absolute Gasteiger partial charge is 0.369 e. The van der Waals surface area contributed by atoms with Gasteiger partial charge in [0.25, 0.3) is 0 Å². The Hall–Kier alpha value is -0.690. The summed E-state index contributed by atoms with van der Waals surface area (Å²) in [4.78, 5) is 8.43. The van der Waals surface area contributed by atoms with Gasteiger partial charge in [-0.3, -0.25) is 4.21 Å². The van der Waals surface area contributed by atoms with Gasteiger partial charge in [-0.1, -0.05) is 6.92 Å². The Labute approximate surface area is 125 Å². The van der Waals surface area contributed by atoms with E-state index in [1.54, 1.807) is 6.26 Å². The lowest BCUT2D eigenvalue weighted by atomic mass is 10.2. The fourth-order valence-corrected chi connectivity index (χ4v) is 2.63. The third kappa shape index (κ3) is 5.86. The average molecular weight is 349 g/mol. The third-order valence-corrected chi connectivity index (χ3v) is 4.12. The van der Waals surface area contributed by atoms with Crippen LogP contribution in [0.3, 0.4) is 0 Å². The molecule has 1 aromatic heterocycles. The van der Waals surface area contributed by atoms with Crippen LogP contribution in [0, 0.1) is 0 Å². The molecule has 0 aliphatic heterocycles. The van der Waals surface area contributed by atoms with Crippen LogP contribution >= 0.6 is 15.9 Å². The Bertz CT molecular complexity index is 430. The van der Waals surface area contributed by atoms with Crippen LogP contribution in [0.25, 0.3) is 0 Å². The molecule has 0 bridgehead atoms. The number of halogens is 1. The summed E-state index contributed by atoms with van der Waals surface area (Å²) in [6, 6.07) is 0.217. The predicted octanol–water partition coefficient (Wildman–Crippen LogP) is 2.63. The maximum Gasteiger partial charge on any atom is 0.146 e. The summed E-state index contributed by atoms with van der Waals surface area (Å²) in [6.07, 6.45) is 5.14. The van der Waals surface area contributed by atoms with Gasteiger partial charge in [-0.05, 0) is 35.7 Å². The van der Waals surface area contributed by atoms with Crippen molar-refractivity contribution in [1.29, 1.82) is 0 Å². The first-order valence-corrected chi connectivity index (χ1v) is 8.87. The van der Waals surface area contributed by atoms with Crippen LogP contribution in [0.2, 0.25) is 0 Å². The molecular formula is C12H21BrN4OS. The van der Waals surface area contributed by atoms with E-state index in [1.807, 2.05) is 0 Å². The van der Waals surface area contributed by atoms with Crippen molar-refractivity contribution in [1.82, 2.24) is 9.97 Å². The Balaban J connectivity index is 2.64. The summed E-state index contributed by atoms with van der Waals surface area (Å²) < 4.78 is 11.9. The zero-order chi connectivity index (χ0) is 14.3. The Kier molecular flexibility index (Phi) is 7.30. The molecule has 0 radical (unpaired) electrons. The van der Waals surface area contributed by atoms with Gasteiger partial charge in [0.15, 0.2) is 0 Å². The molecule has 108 valence electrons. The van der Waals surface area contributed by atoms with Crippen molar-refractivity contribution in [3.05, 3.63) is 10.8 Å². The minimum Gasteiger partial charge on any atom is -0.369 e. The molecule has 0 amide bonds. The lowest BCUT2D eigenvalue weighted by molar-refractivity contribution is 0.678. The topological polar surface area (TPSA) is 66.9 Å². The van der Waals surface area contributed by atoms with E-state index in [-0.39, 0.29) is 6.04 Å². The Morgan fingerprint density at radius 3 is 2.74 bits per heavy atom. The van der Waals surface area contributed by atoms with Crippen LogP contribution in [0.4, 0.5) is 11.6 Å². The summed E-state index contributed by atoms with van der Waals surface area (Å²) in [7, 11) is -0.755. The highest BCUT2D eigenvalue weighted by atomic mass is 79.9. The molecule has 0 aliphatic rings. The molecule has 1 aromatic rings. The highest BCUT2D eigenvalue weighted by Crippen LogP contribution is 2.27. The van der Waals surface area contributed by atoms with E-state index in [2.05, 4.69) is 50.4 Å². The molecule has 7 heteroatoms. The van der Waals surface area contributed by atoms with Crippen LogP contribution < -0.4 is 10.6 Å². The second kappa shape index (κ2) is 8.47. The SMILES string of the molecule is CCCNc1ncnc(NC(C)CCS(C)=O)c1Br. The number of aromatic nitrogens is 2. The number of hydrogen-bond donors (Lipinski definition) is 2. The Morgan fingerprint density at radius 2 is 2.11 bits per heavy atom. The molecule has 2 atom stereocenters. The quantitative estimate of drug-likeness (QED) is 0.755. The van der Waals surface area contributed by atoms with Crippen molar-refractivity contribution >= 4 is 38.4 Å². The van der Waals surface area contributed by atoms with E-state index in [9.17, 15) is 4.21 Å². The minimum absolute atomic E-state index is 0.217. The van der Waals surface area contributed by atoms with Crippen molar-refractivity contribution < 1.29 is 4.21 Å². The van der Waals surface area contributed by atoms with E-state index in [0.29, 0.717) is 5.75 Å².